The smallest absolute Gasteiger partial charge is 0.416 e. The van der Waals surface area contributed by atoms with Gasteiger partial charge in [0.15, 0.2) is 0 Å². The van der Waals surface area contributed by atoms with E-state index < -0.39 is 29.5 Å². The molecule has 0 saturated heterocycles. The SMILES string of the molecule is CC(C)(C)OC(=O)NCCNC(=O)Nc1ccc(C(F)(F)F)cc1. The molecule has 0 atom stereocenters. The van der Waals surface area contributed by atoms with Crippen LogP contribution in [0.3, 0.4) is 0 Å². The van der Waals surface area contributed by atoms with Crippen molar-refractivity contribution in [2.45, 2.75) is 32.5 Å². The van der Waals surface area contributed by atoms with E-state index in [9.17, 15) is 22.8 Å². The summed E-state index contributed by atoms with van der Waals surface area (Å²) < 4.78 is 42.2. The van der Waals surface area contributed by atoms with E-state index in [1.807, 2.05) is 0 Å². The Morgan fingerprint density at radius 1 is 1.00 bits per heavy atom. The van der Waals surface area contributed by atoms with E-state index in [1.54, 1.807) is 20.8 Å². The lowest BCUT2D eigenvalue weighted by molar-refractivity contribution is -0.137. The van der Waals surface area contributed by atoms with Gasteiger partial charge in [-0.25, -0.2) is 9.59 Å². The number of urea groups is 1. The molecule has 0 fully saturated rings. The predicted molar refractivity (Wildman–Crippen MR) is 82.7 cm³/mol. The second-order valence-electron chi connectivity index (χ2n) is 5.88. The van der Waals surface area contributed by atoms with Gasteiger partial charge in [-0.05, 0) is 45.0 Å². The van der Waals surface area contributed by atoms with Crippen molar-refractivity contribution in [2.24, 2.45) is 0 Å². The fraction of sp³-hybridized carbons (Fsp3) is 0.467. The minimum absolute atomic E-state index is 0.131. The lowest BCUT2D eigenvalue weighted by Gasteiger charge is -2.19. The molecule has 0 aliphatic rings. The predicted octanol–water partition coefficient (Wildman–Crippen LogP) is 3.35. The molecule has 134 valence electrons. The molecule has 0 saturated carbocycles. The van der Waals surface area contributed by atoms with Crippen LogP contribution < -0.4 is 16.0 Å². The molecule has 6 nitrogen and oxygen atoms in total. The highest BCUT2D eigenvalue weighted by Crippen LogP contribution is 2.29. The number of hydrogen-bond donors (Lipinski definition) is 3. The Morgan fingerprint density at radius 3 is 2.04 bits per heavy atom. The fourth-order valence-corrected chi connectivity index (χ4v) is 1.57. The Hall–Kier alpha value is -2.45. The normalized spacial score (nSPS) is 11.6. The van der Waals surface area contributed by atoms with Gasteiger partial charge in [0.25, 0.3) is 0 Å². The Morgan fingerprint density at radius 2 is 1.54 bits per heavy atom. The third kappa shape index (κ3) is 7.70. The van der Waals surface area contributed by atoms with Crippen LogP contribution in [0.2, 0.25) is 0 Å². The largest absolute Gasteiger partial charge is 0.444 e. The highest BCUT2D eigenvalue weighted by Gasteiger charge is 2.29. The van der Waals surface area contributed by atoms with Gasteiger partial charge in [0.05, 0.1) is 5.56 Å². The summed E-state index contributed by atoms with van der Waals surface area (Å²) >= 11 is 0. The van der Waals surface area contributed by atoms with E-state index in [0.717, 1.165) is 24.3 Å². The van der Waals surface area contributed by atoms with Gasteiger partial charge in [0, 0.05) is 18.8 Å². The van der Waals surface area contributed by atoms with Crippen molar-refractivity contribution in [1.29, 1.82) is 0 Å². The Kier molecular flexibility index (Phi) is 6.44. The molecule has 0 bridgehead atoms. The molecule has 9 heteroatoms. The van der Waals surface area contributed by atoms with Crippen LogP contribution in [0.25, 0.3) is 0 Å². The molecule has 0 aromatic heterocycles. The molecule has 24 heavy (non-hydrogen) atoms. The molecule has 1 aromatic carbocycles. The van der Waals surface area contributed by atoms with Crippen molar-refractivity contribution in [1.82, 2.24) is 10.6 Å². The van der Waals surface area contributed by atoms with E-state index in [2.05, 4.69) is 16.0 Å². The van der Waals surface area contributed by atoms with Gasteiger partial charge in [-0.2, -0.15) is 13.2 Å². The number of carbonyl (C=O) groups excluding carboxylic acids is 2. The molecule has 0 radical (unpaired) electrons. The fourth-order valence-electron chi connectivity index (χ4n) is 1.57. The van der Waals surface area contributed by atoms with Gasteiger partial charge in [-0.1, -0.05) is 0 Å². The summed E-state index contributed by atoms with van der Waals surface area (Å²) in [6.45, 7) is 5.45. The molecule has 0 aliphatic heterocycles. The number of alkyl carbamates (subject to hydrolysis) is 1. The average molecular weight is 347 g/mol. The summed E-state index contributed by atoms with van der Waals surface area (Å²) in [7, 11) is 0. The molecule has 0 aliphatic carbocycles. The summed E-state index contributed by atoms with van der Waals surface area (Å²) in [6, 6.07) is 3.46. The molecule has 1 rings (SSSR count). The Labute approximate surface area is 137 Å². The van der Waals surface area contributed by atoms with Gasteiger partial charge < -0.3 is 20.7 Å². The number of benzene rings is 1. The third-order valence-corrected chi connectivity index (χ3v) is 2.55. The lowest BCUT2D eigenvalue weighted by atomic mass is 10.2. The van der Waals surface area contributed by atoms with Crippen LogP contribution in [-0.4, -0.2) is 30.8 Å². The maximum atomic E-state index is 12.4. The number of carbonyl (C=O) groups is 2. The first-order chi connectivity index (χ1) is 11.0. The summed E-state index contributed by atoms with van der Waals surface area (Å²) in [5.74, 6) is 0. The zero-order valence-corrected chi connectivity index (χ0v) is 13.6. The first kappa shape index (κ1) is 19.6. The maximum Gasteiger partial charge on any atom is 0.416 e. The van der Waals surface area contributed by atoms with Crippen molar-refractivity contribution in [3.05, 3.63) is 29.8 Å². The topological polar surface area (TPSA) is 79.5 Å². The first-order valence-electron chi connectivity index (χ1n) is 7.16. The number of alkyl halides is 3. The number of ether oxygens (including phenoxy) is 1. The van der Waals surface area contributed by atoms with Gasteiger partial charge in [0.1, 0.15) is 5.60 Å². The zero-order chi connectivity index (χ0) is 18.4. The molecular weight excluding hydrogens is 327 g/mol. The minimum Gasteiger partial charge on any atom is -0.444 e. The molecule has 3 amide bonds. The standard InChI is InChI=1S/C15H20F3N3O3/c1-14(2,3)24-13(23)20-9-8-19-12(22)21-11-6-4-10(5-7-11)15(16,17)18/h4-7H,8-9H2,1-3H3,(H,20,23)(H2,19,21,22). The van der Waals surface area contributed by atoms with Crippen LogP contribution >= 0.6 is 0 Å². The van der Waals surface area contributed by atoms with Crippen LogP contribution in [0, 0.1) is 0 Å². The van der Waals surface area contributed by atoms with E-state index in [4.69, 9.17) is 4.74 Å². The Bertz CT molecular complexity index is 566. The molecule has 0 heterocycles. The summed E-state index contributed by atoms with van der Waals surface area (Å²) in [4.78, 5) is 22.9. The van der Waals surface area contributed by atoms with Crippen molar-refractivity contribution in [3.63, 3.8) is 0 Å². The van der Waals surface area contributed by atoms with Crippen molar-refractivity contribution in [2.75, 3.05) is 18.4 Å². The molecular formula is C15H20F3N3O3. The zero-order valence-electron chi connectivity index (χ0n) is 13.6. The van der Waals surface area contributed by atoms with Crippen molar-refractivity contribution < 1.29 is 27.5 Å². The second-order valence-corrected chi connectivity index (χ2v) is 5.88. The third-order valence-electron chi connectivity index (χ3n) is 2.55. The number of halogens is 3. The quantitative estimate of drug-likeness (QED) is 0.731. The monoisotopic (exact) mass is 347 g/mol. The molecule has 0 unspecified atom stereocenters. The number of anilines is 1. The van der Waals surface area contributed by atoms with Gasteiger partial charge in [0.2, 0.25) is 0 Å². The highest BCUT2D eigenvalue weighted by molar-refractivity contribution is 5.89. The molecule has 0 spiro atoms. The van der Waals surface area contributed by atoms with Crippen molar-refractivity contribution >= 4 is 17.8 Å². The molecule has 1 aromatic rings. The minimum atomic E-state index is -4.42. The van der Waals surface area contributed by atoms with Crippen LogP contribution in [0.1, 0.15) is 26.3 Å². The maximum absolute atomic E-state index is 12.4. The van der Waals surface area contributed by atoms with Gasteiger partial charge >= 0.3 is 18.3 Å². The number of nitrogens with one attached hydrogen (secondary N) is 3. The van der Waals surface area contributed by atoms with Crippen LogP contribution in [0.15, 0.2) is 24.3 Å². The summed E-state index contributed by atoms with van der Waals surface area (Å²) in [6.07, 6.45) is -5.03. The van der Waals surface area contributed by atoms with Gasteiger partial charge in [-0.15, -0.1) is 0 Å². The van der Waals surface area contributed by atoms with Gasteiger partial charge in [-0.3, -0.25) is 0 Å². The number of amides is 3. The second kappa shape index (κ2) is 7.89. The first-order valence-corrected chi connectivity index (χ1v) is 7.16. The summed E-state index contributed by atoms with van der Waals surface area (Å²) in [5.41, 5.74) is -1.19. The van der Waals surface area contributed by atoms with E-state index >= 15 is 0 Å². The number of hydrogen-bond acceptors (Lipinski definition) is 3. The van der Waals surface area contributed by atoms with E-state index in [-0.39, 0.29) is 18.8 Å². The lowest BCUT2D eigenvalue weighted by Crippen LogP contribution is -2.39. The molecule has 3 N–H and O–H groups in total. The van der Waals surface area contributed by atoms with E-state index in [1.165, 1.54) is 0 Å². The number of rotatable bonds is 4. The summed E-state index contributed by atoms with van der Waals surface area (Å²) in [5, 5.41) is 7.29. The van der Waals surface area contributed by atoms with E-state index in [0.29, 0.717) is 0 Å². The van der Waals surface area contributed by atoms with Crippen LogP contribution in [0.5, 0.6) is 0 Å². The average Bonchev–Trinajstić information content (AvgIpc) is 2.41. The Balaban J connectivity index is 2.31. The highest BCUT2D eigenvalue weighted by atomic mass is 19.4. The van der Waals surface area contributed by atoms with Crippen LogP contribution in [0.4, 0.5) is 28.4 Å². The van der Waals surface area contributed by atoms with Crippen molar-refractivity contribution in [3.8, 4) is 0 Å². The van der Waals surface area contributed by atoms with Crippen LogP contribution in [-0.2, 0) is 10.9 Å².